The lowest BCUT2D eigenvalue weighted by Crippen LogP contribution is -2.51. The Labute approximate surface area is 164 Å². The third kappa shape index (κ3) is 2.83. The lowest BCUT2D eigenvalue weighted by Gasteiger charge is -2.58. The summed E-state index contributed by atoms with van der Waals surface area (Å²) in [5.41, 5.74) is 1.07. The Balaban J connectivity index is 1.73. The third-order valence-corrected chi connectivity index (χ3v) is 10.8. The van der Waals surface area contributed by atoms with Crippen molar-refractivity contribution in [2.45, 2.75) is 106 Å². The second-order valence-electron chi connectivity index (χ2n) is 12.1. The highest BCUT2D eigenvalue weighted by molar-refractivity contribution is 5.10. The van der Waals surface area contributed by atoms with Gasteiger partial charge in [0.05, 0.1) is 0 Å². The molecular weight excluding hydrogens is 312 g/mol. The maximum absolute atomic E-state index is 2.61. The van der Waals surface area contributed by atoms with Crippen LogP contribution in [-0.2, 0) is 0 Å². The van der Waals surface area contributed by atoms with Gasteiger partial charge in [-0.05, 0) is 96.7 Å². The first kappa shape index (κ1) is 19.3. The van der Waals surface area contributed by atoms with Gasteiger partial charge in [-0.1, -0.05) is 67.2 Å². The normalized spacial score (nSPS) is 45.9. The maximum Gasteiger partial charge on any atom is -0.0313 e. The first-order valence-corrected chi connectivity index (χ1v) is 12.3. The number of fused-ring (bicyclic) bond motifs is 3. The average Bonchev–Trinajstić information content (AvgIpc) is 2.97. The summed E-state index contributed by atoms with van der Waals surface area (Å²) in [6.07, 6.45) is 15.2. The minimum absolute atomic E-state index is 0.535. The molecule has 0 aromatic carbocycles. The molecule has 4 aliphatic rings. The lowest BCUT2D eigenvalue weighted by molar-refractivity contribution is -0.0914. The smallest absolute Gasteiger partial charge is 0.0313 e. The number of hydrogen-bond acceptors (Lipinski definition) is 0. The Kier molecular flexibility index (Phi) is 5.06. The zero-order valence-corrected chi connectivity index (χ0v) is 18.7. The Morgan fingerprint density at radius 3 is 1.35 bits per heavy atom. The molecule has 0 bridgehead atoms. The predicted molar refractivity (Wildman–Crippen MR) is 113 cm³/mol. The van der Waals surface area contributed by atoms with Crippen LogP contribution in [0.25, 0.3) is 0 Å². The van der Waals surface area contributed by atoms with E-state index in [9.17, 15) is 0 Å². The van der Waals surface area contributed by atoms with E-state index in [4.69, 9.17) is 0 Å². The molecule has 0 saturated heterocycles. The molecule has 0 radical (unpaired) electrons. The van der Waals surface area contributed by atoms with E-state index in [1.54, 1.807) is 38.5 Å². The summed E-state index contributed by atoms with van der Waals surface area (Å²) < 4.78 is 0. The minimum Gasteiger partial charge on any atom is -0.0649 e. The standard InChI is InChI=1S/C26H46/c1-7-25(3,4)21-15-13-19-17-11-9-10-12-18(17)20-14-16-22(24(21)23(19)20)26(5,6)8-2/h17-24H,7-16H2,1-6H3. The molecule has 0 heterocycles. The van der Waals surface area contributed by atoms with Gasteiger partial charge in [-0.2, -0.15) is 0 Å². The third-order valence-electron chi connectivity index (χ3n) is 10.8. The predicted octanol–water partition coefficient (Wildman–Crippen LogP) is 7.96. The molecule has 0 aliphatic heterocycles. The Bertz CT molecular complexity index is 456. The van der Waals surface area contributed by atoms with Crippen LogP contribution in [0.2, 0.25) is 0 Å². The van der Waals surface area contributed by atoms with Gasteiger partial charge in [0.2, 0.25) is 0 Å². The average molecular weight is 359 g/mol. The van der Waals surface area contributed by atoms with Crippen LogP contribution in [0.5, 0.6) is 0 Å². The largest absolute Gasteiger partial charge is 0.0649 e. The van der Waals surface area contributed by atoms with E-state index in [2.05, 4.69) is 41.5 Å². The summed E-state index contributed by atoms with van der Waals surface area (Å²) in [7, 11) is 0. The van der Waals surface area contributed by atoms with Crippen molar-refractivity contribution in [2.75, 3.05) is 0 Å². The summed E-state index contributed by atoms with van der Waals surface area (Å²) >= 11 is 0. The molecule has 0 aromatic rings. The molecule has 4 rings (SSSR count). The van der Waals surface area contributed by atoms with E-state index < -0.39 is 0 Å². The molecule has 150 valence electrons. The number of rotatable bonds is 4. The molecular formula is C26H46. The van der Waals surface area contributed by atoms with E-state index >= 15 is 0 Å². The zero-order chi connectivity index (χ0) is 18.7. The molecule has 0 amide bonds. The fraction of sp³-hybridized carbons (Fsp3) is 1.00. The van der Waals surface area contributed by atoms with Gasteiger partial charge in [0, 0.05) is 0 Å². The van der Waals surface area contributed by atoms with E-state index in [-0.39, 0.29) is 0 Å². The van der Waals surface area contributed by atoms with Gasteiger partial charge >= 0.3 is 0 Å². The molecule has 6 atom stereocenters. The summed E-state index contributed by atoms with van der Waals surface area (Å²) in [5.74, 6) is 8.54. The van der Waals surface area contributed by atoms with E-state index in [0.29, 0.717) is 10.8 Å². The molecule has 4 saturated carbocycles. The fourth-order valence-corrected chi connectivity index (χ4v) is 8.82. The monoisotopic (exact) mass is 358 g/mol. The van der Waals surface area contributed by atoms with Crippen molar-refractivity contribution in [3.63, 3.8) is 0 Å². The molecule has 4 aliphatic carbocycles. The summed E-state index contributed by atoms with van der Waals surface area (Å²) in [4.78, 5) is 0. The van der Waals surface area contributed by atoms with Gasteiger partial charge in [-0.3, -0.25) is 0 Å². The minimum atomic E-state index is 0.535. The van der Waals surface area contributed by atoms with Gasteiger partial charge < -0.3 is 0 Å². The van der Waals surface area contributed by atoms with Crippen LogP contribution in [0.15, 0.2) is 0 Å². The van der Waals surface area contributed by atoms with Crippen molar-refractivity contribution in [1.29, 1.82) is 0 Å². The van der Waals surface area contributed by atoms with Crippen molar-refractivity contribution in [3.8, 4) is 0 Å². The summed E-state index contributed by atoms with van der Waals surface area (Å²) in [5, 5.41) is 0. The molecule has 0 spiro atoms. The Morgan fingerprint density at radius 2 is 0.962 bits per heavy atom. The van der Waals surface area contributed by atoms with Gasteiger partial charge in [0.25, 0.3) is 0 Å². The van der Waals surface area contributed by atoms with Crippen LogP contribution < -0.4 is 0 Å². The van der Waals surface area contributed by atoms with Gasteiger partial charge in [0.15, 0.2) is 0 Å². The summed E-state index contributed by atoms with van der Waals surface area (Å²) in [6.45, 7) is 15.4. The van der Waals surface area contributed by atoms with E-state index in [1.165, 1.54) is 25.7 Å². The van der Waals surface area contributed by atoms with Crippen LogP contribution in [0, 0.1) is 58.2 Å². The molecule has 4 fully saturated rings. The van der Waals surface area contributed by atoms with Crippen molar-refractivity contribution < 1.29 is 0 Å². The van der Waals surface area contributed by atoms with Crippen LogP contribution in [-0.4, -0.2) is 0 Å². The summed E-state index contributed by atoms with van der Waals surface area (Å²) in [6, 6.07) is 0. The SMILES string of the molecule is CCC(C)(C)C1CCC2C3CCCCC3C3CCC(C(C)(C)CC)C1C23. The molecule has 26 heavy (non-hydrogen) atoms. The molecule has 0 N–H and O–H groups in total. The topological polar surface area (TPSA) is 0 Å². The van der Waals surface area contributed by atoms with Crippen LogP contribution in [0.3, 0.4) is 0 Å². The highest BCUT2D eigenvalue weighted by atomic mass is 14.7. The molecule has 0 heteroatoms. The quantitative estimate of drug-likeness (QED) is 0.478. The van der Waals surface area contributed by atoms with E-state index in [0.717, 1.165) is 47.3 Å². The van der Waals surface area contributed by atoms with Gasteiger partial charge in [-0.15, -0.1) is 0 Å². The van der Waals surface area contributed by atoms with Gasteiger partial charge in [-0.25, -0.2) is 0 Å². The maximum atomic E-state index is 2.61. The van der Waals surface area contributed by atoms with E-state index in [1.807, 2.05) is 0 Å². The number of hydrogen-bond donors (Lipinski definition) is 0. The second-order valence-corrected chi connectivity index (χ2v) is 12.1. The van der Waals surface area contributed by atoms with Crippen molar-refractivity contribution >= 4 is 0 Å². The lowest BCUT2D eigenvalue weighted by atomic mass is 9.47. The van der Waals surface area contributed by atoms with Gasteiger partial charge in [0.1, 0.15) is 0 Å². The molecule has 6 unspecified atom stereocenters. The Morgan fingerprint density at radius 1 is 0.538 bits per heavy atom. The van der Waals surface area contributed by atoms with Crippen LogP contribution in [0.1, 0.15) is 106 Å². The molecule has 0 aromatic heterocycles. The van der Waals surface area contributed by atoms with Crippen molar-refractivity contribution in [1.82, 2.24) is 0 Å². The van der Waals surface area contributed by atoms with Crippen molar-refractivity contribution in [3.05, 3.63) is 0 Å². The van der Waals surface area contributed by atoms with Crippen LogP contribution >= 0.6 is 0 Å². The highest BCUT2D eigenvalue weighted by Gasteiger charge is 2.61. The first-order valence-electron chi connectivity index (χ1n) is 12.3. The highest BCUT2D eigenvalue weighted by Crippen LogP contribution is 2.68. The second kappa shape index (κ2) is 6.81. The first-order chi connectivity index (χ1) is 12.3. The zero-order valence-electron chi connectivity index (χ0n) is 18.7. The Hall–Kier alpha value is 0. The van der Waals surface area contributed by atoms with Crippen LogP contribution in [0.4, 0.5) is 0 Å². The molecule has 0 nitrogen and oxygen atoms in total. The van der Waals surface area contributed by atoms with Crippen molar-refractivity contribution in [2.24, 2.45) is 58.2 Å². The fourth-order valence-electron chi connectivity index (χ4n) is 8.82.